The van der Waals surface area contributed by atoms with Crippen LogP contribution in [-0.4, -0.2) is 25.7 Å². The summed E-state index contributed by atoms with van der Waals surface area (Å²) in [6, 6.07) is 0. The number of H-pyrrole nitrogens is 3. The molecule has 0 spiro atoms. The first-order chi connectivity index (χ1) is 12.8. The molecule has 0 bridgehead atoms. The van der Waals surface area contributed by atoms with Gasteiger partial charge in [-0.15, -0.1) is 6.58 Å². The molecule has 2 heterocycles. The fourth-order valence-corrected chi connectivity index (χ4v) is 2.73. The zero-order valence-electron chi connectivity index (χ0n) is 15.1. The summed E-state index contributed by atoms with van der Waals surface area (Å²) in [4.78, 5) is 48.6. The number of allylic oxidation sites excluding steroid dienone is 5. The number of aromatic amines is 3. The average Bonchev–Trinajstić information content (AvgIpc) is 3.08. The molecule has 138 valence electrons. The van der Waals surface area contributed by atoms with Gasteiger partial charge in [-0.1, -0.05) is 32.1 Å². The maximum Gasteiger partial charge on any atom is 0.272 e. The van der Waals surface area contributed by atoms with Crippen molar-refractivity contribution in [2.24, 2.45) is 0 Å². The van der Waals surface area contributed by atoms with Gasteiger partial charge in [-0.05, 0) is 23.8 Å². The van der Waals surface area contributed by atoms with E-state index in [1.165, 1.54) is 24.6 Å². The van der Waals surface area contributed by atoms with Crippen molar-refractivity contribution in [1.82, 2.24) is 19.9 Å². The maximum absolute atomic E-state index is 12.4. The van der Waals surface area contributed by atoms with Crippen LogP contribution in [-0.2, 0) is 10.2 Å². The zero-order chi connectivity index (χ0) is 19.6. The molecule has 3 rings (SSSR count). The Hall–Kier alpha value is -3.48. The highest BCUT2D eigenvalue weighted by molar-refractivity contribution is 5.95. The zero-order valence-corrected chi connectivity index (χ0v) is 15.1. The molecule has 0 unspecified atom stereocenters. The number of aromatic nitrogens is 4. The number of imidazole rings is 1. The van der Waals surface area contributed by atoms with Crippen molar-refractivity contribution in [3.8, 4) is 0 Å². The van der Waals surface area contributed by atoms with Gasteiger partial charge in [0.1, 0.15) is 10.7 Å². The number of ketones is 1. The van der Waals surface area contributed by atoms with Crippen LogP contribution in [0.2, 0.25) is 0 Å². The van der Waals surface area contributed by atoms with Gasteiger partial charge in [0.2, 0.25) is 0 Å². The Balaban J connectivity index is 2.11. The number of hydrogen-bond acceptors (Lipinski definition) is 4. The minimum atomic E-state index is -0.465. The highest BCUT2D eigenvalue weighted by Crippen LogP contribution is 2.24. The van der Waals surface area contributed by atoms with E-state index in [2.05, 4.69) is 26.5 Å². The Morgan fingerprint density at radius 1 is 1.11 bits per heavy atom. The number of carbonyl (C=O) groups excluding carboxylic acids is 1. The van der Waals surface area contributed by atoms with Crippen molar-refractivity contribution in [2.75, 3.05) is 0 Å². The summed E-state index contributed by atoms with van der Waals surface area (Å²) in [6.07, 6.45) is 11.5. The van der Waals surface area contributed by atoms with Gasteiger partial charge in [-0.3, -0.25) is 14.4 Å². The van der Waals surface area contributed by atoms with Crippen LogP contribution in [0, 0.1) is 0 Å². The molecule has 0 saturated carbocycles. The molecule has 0 fully saturated rings. The van der Waals surface area contributed by atoms with Crippen molar-refractivity contribution in [3.05, 3.63) is 85.6 Å². The largest absolute Gasteiger partial charge is 0.347 e. The molecule has 7 heteroatoms. The normalized spacial score (nSPS) is 15.9. The lowest BCUT2D eigenvalue weighted by atomic mass is 9.88. The van der Waals surface area contributed by atoms with Gasteiger partial charge in [0.05, 0.1) is 17.7 Å². The van der Waals surface area contributed by atoms with Crippen LogP contribution in [0.25, 0.3) is 12.2 Å². The van der Waals surface area contributed by atoms with Gasteiger partial charge >= 0.3 is 0 Å². The SMILES string of the molecule is C=CC(C)(C)c1[nH]cnc1C=c1[nH]c(=O)c(=CC2=CC(=O)CC=C2)[nH]c1=O. The van der Waals surface area contributed by atoms with Crippen molar-refractivity contribution in [2.45, 2.75) is 25.7 Å². The summed E-state index contributed by atoms with van der Waals surface area (Å²) >= 11 is 0. The van der Waals surface area contributed by atoms with Crippen LogP contribution in [0.1, 0.15) is 31.7 Å². The highest BCUT2D eigenvalue weighted by atomic mass is 16.1. The summed E-state index contributed by atoms with van der Waals surface area (Å²) in [7, 11) is 0. The topological polar surface area (TPSA) is 111 Å². The molecule has 2 aromatic rings. The second-order valence-electron chi connectivity index (χ2n) is 6.83. The molecule has 0 atom stereocenters. The first-order valence-corrected chi connectivity index (χ1v) is 8.45. The maximum atomic E-state index is 12.4. The standard InChI is InChI=1S/C20H20N4O3/c1-4-20(2,3)17-14(21-11-22-17)10-16-19(27)23-15(18(26)24-16)9-12-6-5-7-13(25)8-12/h4-6,8-11H,1,7H2,2-3H3,(H,21,22)(H,23,27)(H,24,26). The second-order valence-corrected chi connectivity index (χ2v) is 6.83. The monoisotopic (exact) mass is 364 g/mol. The van der Waals surface area contributed by atoms with E-state index in [0.29, 0.717) is 17.7 Å². The van der Waals surface area contributed by atoms with Crippen LogP contribution in [0.5, 0.6) is 0 Å². The number of nitrogens with zero attached hydrogens (tertiary/aromatic N) is 1. The Labute approximate surface area is 154 Å². The summed E-state index contributed by atoms with van der Waals surface area (Å²) < 4.78 is 0. The predicted octanol–water partition coefficient (Wildman–Crippen LogP) is 0.315. The first-order valence-electron chi connectivity index (χ1n) is 8.45. The quantitative estimate of drug-likeness (QED) is 0.678. The van der Waals surface area contributed by atoms with Gasteiger partial charge in [-0.2, -0.15) is 0 Å². The van der Waals surface area contributed by atoms with Crippen LogP contribution in [0.15, 0.2) is 52.4 Å². The lowest BCUT2D eigenvalue weighted by molar-refractivity contribution is -0.113. The van der Waals surface area contributed by atoms with E-state index in [1.54, 1.807) is 18.2 Å². The molecule has 1 aliphatic carbocycles. The molecule has 0 aromatic carbocycles. The minimum absolute atomic E-state index is 0.0524. The smallest absolute Gasteiger partial charge is 0.272 e. The molecular weight excluding hydrogens is 344 g/mol. The predicted molar refractivity (Wildman–Crippen MR) is 104 cm³/mol. The van der Waals surface area contributed by atoms with Crippen molar-refractivity contribution in [3.63, 3.8) is 0 Å². The molecule has 0 amide bonds. The number of hydrogen-bond donors (Lipinski definition) is 3. The van der Waals surface area contributed by atoms with E-state index in [1.807, 2.05) is 13.8 Å². The van der Waals surface area contributed by atoms with Crippen molar-refractivity contribution in [1.29, 1.82) is 0 Å². The summed E-state index contributed by atoms with van der Waals surface area (Å²) in [5, 5.41) is 0.172. The summed E-state index contributed by atoms with van der Waals surface area (Å²) in [6.45, 7) is 7.74. The van der Waals surface area contributed by atoms with Gasteiger partial charge < -0.3 is 15.0 Å². The Morgan fingerprint density at radius 2 is 1.78 bits per heavy atom. The van der Waals surface area contributed by atoms with E-state index in [9.17, 15) is 14.4 Å². The van der Waals surface area contributed by atoms with Crippen LogP contribution < -0.4 is 21.8 Å². The fraction of sp³-hybridized carbons (Fsp3) is 0.200. The van der Waals surface area contributed by atoms with E-state index in [4.69, 9.17) is 0 Å². The number of nitrogens with one attached hydrogen (secondary N) is 3. The molecule has 27 heavy (non-hydrogen) atoms. The third-order valence-electron chi connectivity index (χ3n) is 4.36. The molecular formula is C20H20N4O3. The molecule has 0 saturated heterocycles. The second kappa shape index (κ2) is 7.03. The minimum Gasteiger partial charge on any atom is -0.347 e. The lowest BCUT2D eigenvalue weighted by Crippen LogP contribution is -2.46. The van der Waals surface area contributed by atoms with Gasteiger partial charge in [0.25, 0.3) is 11.1 Å². The van der Waals surface area contributed by atoms with Gasteiger partial charge in [0.15, 0.2) is 5.78 Å². The van der Waals surface area contributed by atoms with Gasteiger partial charge in [0, 0.05) is 11.8 Å². The molecule has 7 nitrogen and oxygen atoms in total. The number of carbonyl (C=O) groups is 1. The average molecular weight is 364 g/mol. The van der Waals surface area contributed by atoms with E-state index >= 15 is 0 Å². The van der Waals surface area contributed by atoms with E-state index < -0.39 is 11.1 Å². The first kappa shape index (κ1) is 18.3. The van der Waals surface area contributed by atoms with Crippen LogP contribution >= 0.6 is 0 Å². The molecule has 0 aliphatic heterocycles. The Morgan fingerprint density at radius 3 is 2.41 bits per heavy atom. The Bertz CT molecular complexity index is 1200. The fourth-order valence-electron chi connectivity index (χ4n) is 2.73. The van der Waals surface area contributed by atoms with Gasteiger partial charge in [-0.25, -0.2) is 4.98 Å². The highest BCUT2D eigenvalue weighted by Gasteiger charge is 2.21. The van der Waals surface area contributed by atoms with E-state index in [-0.39, 0.29) is 21.9 Å². The molecule has 3 N–H and O–H groups in total. The van der Waals surface area contributed by atoms with E-state index in [0.717, 1.165) is 5.69 Å². The molecule has 1 aliphatic rings. The molecule has 0 radical (unpaired) electrons. The summed E-state index contributed by atoms with van der Waals surface area (Å²) in [5.74, 6) is -0.0524. The third-order valence-corrected chi connectivity index (χ3v) is 4.36. The molecule has 2 aromatic heterocycles. The lowest BCUT2D eigenvalue weighted by Gasteiger charge is -2.18. The van der Waals surface area contributed by atoms with Crippen molar-refractivity contribution >= 4 is 17.9 Å². The third kappa shape index (κ3) is 3.87. The Kier molecular flexibility index (Phi) is 4.77. The van der Waals surface area contributed by atoms with Crippen LogP contribution in [0.4, 0.5) is 0 Å². The van der Waals surface area contributed by atoms with Crippen molar-refractivity contribution < 1.29 is 4.79 Å². The summed E-state index contributed by atoms with van der Waals surface area (Å²) in [5.41, 5.74) is 0.582. The number of rotatable bonds is 4. The van der Waals surface area contributed by atoms with Crippen LogP contribution in [0.3, 0.4) is 0 Å².